The van der Waals surface area contributed by atoms with Gasteiger partial charge in [-0.1, -0.05) is 6.92 Å². The largest absolute Gasteiger partial charge is 0.493 e. The Balaban J connectivity index is 2.29. The van der Waals surface area contributed by atoms with Crippen LogP contribution >= 0.6 is 0 Å². The molecule has 0 fully saturated rings. The standard InChI is InChI=1S/C16H22F2N2O/c1-3-7-20-16(2,12-19)6-4-5-8-21-15-10-13(17)9-14(18)11-15/h9-11,20H,3-8H2,1-2H3. The molecule has 1 aromatic rings. The van der Waals surface area contributed by atoms with E-state index in [9.17, 15) is 14.0 Å². The van der Waals surface area contributed by atoms with Crippen molar-refractivity contribution in [1.29, 1.82) is 5.26 Å². The number of nitriles is 1. The second kappa shape index (κ2) is 8.58. The molecule has 116 valence electrons. The third kappa shape index (κ3) is 6.54. The molecule has 0 aromatic heterocycles. The molecule has 0 bridgehead atoms. The predicted molar refractivity (Wildman–Crippen MR) is 78.0 cm³/mol. The van der Waals surface area contributed by atoms with Gasteiger partial charge < -0.3 is 4.74 Å². The SMILES string of the molecule is CCCNC(C)(C#N)CCCCOc1cc(F)cc(F)c1. The number of benzene rings is 1. The van der Waals surface area contributed by atoms with Crippen LogP contribution in [0.3, 0.4) is 0 Å². The first kappa shape index (κ1) is 17.4. The fraction of sp³-hybridized carbons (Fsp3) is 0.562. The highest BCUT2D eigenvalue weighted by molar-refractivity contribution is 5.23. The van der Waals surface area contributed by atoms with E-state index in [2.05, 4.69) is 18.3 Å². The molecule has 0 saturated heterocycles. The lowest BCUT2D eigenvalue weighted by molar-refractivity contribution is 0.292. The first-order valence-corrected chi connectivity index (χ1v) is 7.24. The second-order valence-corrected chi connectivity index (χ2v) is 5.28. The van der Waals surface area contributed by atoms with Crippen molar-refractivity contribution in [2.24, 2.45) is 0 Å². The molecule has 0 aliphatic rings. The molecule has 5 heteroatoms. The minimum absolute atomic E-state index is 0.194. The van der Waals surface area contributed by atoms with Gasteiger partial charge in [0.05, 0.1) is 12.7 Å². The fourth-order valence-electron chi connectivity index (χ4n) is 1.97. The number of nitrogens with one attached hydrogen (secondary N) is 1. The van der Waals surface area contributed by atoms with Crippen LogP contribution in [-0.4, -0.2) is 18.7 Å². The third-order valence-electron chi connectivity index (χ3n) is 3.19. The minimum Gasteiger partial charge on any atom is -0.493 e. The van der Waals surface area contributed by atoms with E-state index in [1.165, 1.54) is 0 Å². The van der Waals surface area contributed by atoms with Crippen molar-refractivity contribution in [1.82, 2.24) is 5.32 Å². The van der Waals surface area contributed by atoms with E-state index in [1.807, 2.05) is 6.92 Å². The number of rotatable bonds is 9. The first-order chi connectivity index (χ1) is 9.99. The molecule has 0 aliphatic carbocycles. The number of hydrogen-bond acceptors (Lipinski definition) is 3. The molecule has 0 heterocycles. The molecular weight excluding hydrogens is 274 g/mol. The Bertz CT molecular complexity index is 467. The molecule has 21 heavy (non-hydrogen) atoms. The normalized spacial score (nSPS) is 13.5. The molecule has 3 nitrogen and oxygen atoms in total. The van der Waals surface area contributed by atoms with Gasteiger partial charge in [0.25, 0.3) is 0 Å². The zero-order chi connectivity index (χ0) is 15.7. The van der Waals surface area contributed by atoms with Crippen LogP contribution in [0.15, 0.2) is 18.2 Å². The maximum Gasteiger partial charge on any atom is 0.129 e. The average Bonchev–Trinajstić information content (AvgIpc) is 2.44. The van der Waals surface area contributed by atoms with E-state index >= 15 is 0 Å². The number of halogens is 2. The number of ether oxygens (including phenoxy) is 1. The van der Waals surface area contributed by atoms with Crippen LogP contribution in [0, 0.1) is 23.0 Å². The van der Waals surface area contributed by atoms with Gasteiger partial charge in [-0.05, 0) is 39.2 Å². The Kier molecular flexibility index (Phi) is 7.10. The third-order valence-corrected chi connectivity index (χ3v) is 3.19. The van der Waals surface area contributed by atoms with Crippen LogP contribution in [0.4, 0.5) is 8.78 Å². The molecule has 1 rings (SSSR count). The molecular formula is C16H22F2N2O. The summed E-state index contributed by atoms with van der Waals surface area (Å²) in [6.45, 7) is 5.11. The Labute approximate surface area is 124 Å². The molecule has 1 aromatic carbocycles. The van der Waals surface area contributed by atoms with Gasteiger partial charge in [-0.25, -0.2) is 8.78 Å². The Hall–Kier alpha value is -1.67. The predicted octanol–water partition coefficient (Wildman–Crippen LogP) is 3.80. The summed E-state index contributed by atoms with van der Waals surface area (Å²) < 4.78 is 31.2. The molecule has 1 atom stereocenters. The molecule has 1 N–H and O–H groups in total. The second-order valence-electron chi connectivity index (χ2n) is 5.28. The Morgan fingerprint density at radius 3 is 2.48 bits per heavy atom. The summed E-state index contributed by atoms with van der Waals surface area (Å²) in [5, 5.41) is 12.4. The van der Waals surface area contributed by atoms with Gasteiger partial charge in [0.15, 0.2) is 0 Å². The fourth-order valence-corrected chi connectivity index (χ4v) is 1.97. The van der Waals surface area contributed by atoms with Crippen LogP contribution in [0.25, 0.3) is 0 Å². The summed E-state index contributed by atoms with van der Waals surface area (Å²) >= 11 is 0. The van der Waals surface area contributed by atoms with Gasteiger partial charge in [0, 0.05) is 18.2 Å². The highest BCUT2D eigenvalue weighted by Gasteiger charge is 2.21. The van der Waals surface area contributed by atoms with E-state index in [0.29, 0.717) is 13.0 Å². The van der Waals surface area contributed by atoms with Crippen molar-refractivity contribution in [2.75, 3.05) is 13.2 Å². The van der Waals surface area contributed by atoms with Crippen LogP contribution in [0.2, 0.25) is 0 Å². The van der Waals surface area contributed by atoms with Crippen LogP contribution in [-0.2, 0) is 0 Å². The average molecular weight is 296 g/mol. The summed E-state index contributed by atoms with van der Waals surface area (Å²) in [5.41, 5.74) is -0.527. The van der Waals surface area contributed by atoms with E-state index in [1.54, 1.807) is 0 Å². The van der Waals surface area contributed by atoms with Gasteiger partial charge in [-0.15, -0.1) is 0 Å². The van der Waals surface area contributed by atoms with Gasteiger partial charge in [0.1, 0.15) is 22.9 Å². The van der Waals surface area contributed by atoms with Crippen molar-refractivity contribution in [3.05, 3.63) is 29.8 Å². The quantitative estimate of drug-likeness (QED) is 0.705. The Morgan fingerprint density at radius 2 is 1.90 bits per heavy atom. The maximum atomic E-state index is 13.0. The highest BCUT2D eigenvalue weighted by Crippen LogP contribution is 2.17. The summed E-state index contributed by atoms with van der Waals surface area (Å²) in [4.78, 5) is 0. The topological polar surface area (TPSA) is 45.0 Å². The van der Waals surface area contributed by atoms with Gasteiger partial charge in [0.2, 0.25) is 0 Å². The Morgan fingerprint density at radius 1 is 1.24 bits per heavy atom. The lowest BCUT2D eigenvalue weighted by atomic mass is 9.96. The summed E-state index contributed by atoms with van der Waals surface area (Å²) in [7, 11) is 0. The van der Waals surface area contributed by atoms with Crippen molar-refractivity contribution >= 4 is 0 Å². The number of nitrogens with zero attached hydrogens (tertiary/aromatic N) is 1. The van der Waals surface area contributed by atoms with E-state index in [0.717, 1.165) is 44.0 Å². The van der Waals surface area contributed by atoms with Crippen LogP contribution in [0.1, 0.15) is 39.5 Å². The monoisotopic (exact) mass is 296 g/mol. The van der Waals surface area contributed by atoms with Crippen molar-refractivity contribution in [2.45, 2.75) is 45.1 Å². The van der Waals surface area contributed by atoms with E-state index in [-0.39, 0.29) is 5.75 Å². The summed E-state index contributed by atoms with van der Waals surface area (Å²) in [6, 6.07) is 5.41. The maximum absolute atomic E-state index is 13.0. The molecule has 0 amide bonds. The van der Waals surface area contributed by atoms with Crippen LogP contribution < -0.4 is 10.1 Å². The van der Waals surface area contributed by atoms with Gasteiger partial charge in [-0.2, -0.15) is 5.26 Å². The summed E-state index contributed by atoms with van der Waals surface area (Å²) in [6.07, 6.45) is 3.22. The molecule has 0 saturated carbocycles. The smallest absolute Gasteiger partial charge is 0.129 e. The molecule has 0 spiro atoms. The number of unbranched alkanes of at least 4 members (excludes halogenated alkanes) is 1. The molecule has 1 unspecified atom stereocenters. The van der Waals surface area contributed by atoms with E-state index < -0.39 is 17.2 Å². The van der Waals surface area contributed by atoms with Crippen molar-refractivity contribution in [3.63, 3.8) is 0 Å². The first-order valence-electron chi connectivity index (χ1n) is 7.24. The van der Waals surface area contributed by atoms with Gasteiger partial charge in [-0.3, -0.25) is 5.32 Å². The number of hydrogen-bond donors (Lipinski definition) is 1. The minimum atomic E-state index is -0.647. The molecule has 0 radical (unpaired) electrons. The molecule has 0 aliphatic heterocycles. The van der Waals surface area contributed by atoms with E-state index in [4.69, 9.17) is 4.74 Å². The lowest BCUT2D eigenvalue weighted by Gasteiger charge is -2.22. The zero-order valence-electron chi connectivity index (χ0n) is 12.6. The lowest BCUT2D eigenvalue weighted by Crippen LogP contribution is -2.41. The highest BCUT2D eigenvalue weighted by atomic mass is 19.1. The zero-order valence-corrected chi connectivity index (χ0v) is 12.6. The van der Waals surface area contributed by atoms with Crippen LogP contribution in [0.5, 0.6) is 5.75 Å². The van der Waals surface area contributed by atoms with Crippen molar-refractivity contribution < 1.29 is 13.5 Å². The van der Waals surface area contributed by atoms with Gasteiger partial charge >= 0.3 is 0 Å². The summed E-state index contributed by atoms with van der Waals surface area (Å²) in [5.74, 6) is -1.10. The van der Waals surface area contributed by atoms with Crippen molar-refractivity contribution in [3.8, 4) is 11.8 Å².